The molecule has 0 saturated heterocycles. The highest BCUT2D eigenvalue weighted by atomic mass is 16.1. The van der Waals surface area contributed by atoms with Crippen LogP contribution in [0.4, 0.5) is 0 Å². The van der Waals surface area contributed by atoms with Crippen LogP contribution in [0, 0.1) is 6.92 Å². The van der Waals surface area contributed by atoms with Crippen molar-refractivity contribution in [3.05, 3.63) is 33.7 Å². The van der Waals surface area contributed by atoms with Gasteiger partial charge in [-0.25, -0.2) is 0 Å². The smallest absolute Gasteiger partial charge is 0.255 e. The van der Waals surface area contributed by atoms with Crippen LogP contribution in [-0.2, 0) is 13.1 Å². The lowest BCUT2D eigenvalue weighted by Gasteiger charge is -2.11. The zero-order chi connectivity index (χ0) is 12.7. The summed E-state index contributed by atoms with van der Waals surface area (Å²) in [7, 11) is 0. The van der Waals surface area contributed by atoms with Crippen molar-refractivity contribution in [1.82, 2.24) is 4.57 Å². The minimum absolute atomic E-state index is 0.0861. The summed E-state index contributed by atoms with van der Waals surface area (Å²) in [4.78, 5) is 12.0. The monoisotopic (exact) mass is 236 g/mol. The second-order valence-corrected chi connectivity index (χ2v) is 4.58. The third kappa shape index (κ3) is 4.00. The van der Waals surface area contributed by atoms with Crippen LogP contribution in [0.3, 0.4) is 0 Å². The van der Waals surface area contributed by atoms with Crippen LogP contribution < -0.4 is 11.3 Å². The maximum atomic E-state index is 12.0. The summed E-state index contributed by atoms with van der Waals surface area (Å²) in [6.07, 6.45) is 6.08. The lowest BCUT2D eigenvalue weighted by atomic mass is 10.1. The molecule has 1 aromatic rings. The first-order chi connectivity index (χ1) is 8.20. The molecule has 1 rings (SSSR count). The highest BCUT2D eigenvalue weighted by Crippen LogP contribution is 2.05. The molecular formula is C14H24N2O. The first-order valence-electron chi connectivity index (χ1n) is 6.60. The average molecular weight is 236 g/mol. The Bertz CT molecular complexity index is 396. The Morgan fingerprint density at radius 2 is 1.88 bits per heavy atom. The van der Waals surface area contributed by atoms with Gasteiger partial charge < -0.3 is 10.3 Å². The maximum absolute atomic E-state index is 12.0. The van der Waals surface area contributed by atoms with Crippen molar-refractivity contribution in [3.63, 3.8) is 0 Å². The Labute approximate surface area is 104 Å². The van der Waals surface area contributed by atoms with E-state index in [-0.39, 0.29) is 5.56 Å². The minimum Gasteiger partial charge on any atom is -0.326 e. The maximum Gasteiger partial charge on any atom is 0.255 e. The Hall–Kier alpha value is -1.09. The molecule has 17 heavy (non-hydrogen) atoms. The number of nitrogens with two attached hydrogens (primary N) is 1. The number of nitrogens with zero attached hydrogens (tertiary/aromatic N) is 1. The normalized spacial score (nSPS) is 10.8. The van der Waals surface area contributed by atoms with Gasteiger partial charge in [-0.05, 0) is 19.4 Å². The van der Waals surface area contributed by atoms with Gasteiger partial charge in [0.25, 0.3) is 5.56 Å². The summed E-state index contributed by atoms with van der Waals surface area (Å²) in [6.45, 7) is 5.34. The third-order valence-electron chi connectivity index (χ3n) is 3.18. The van der Waals surface area contributed by atoms with Crippen LogP contribution in [-0.4, -0.2) is 4.57 Å². The topological polar surface area (TPSA) is 48.0 Å². The first-order valence-corrected chi connectivity index (χ1v) is 6.60. The van der Waals surface area contributed by atoms with Gasteiger partial charge in [-0.3, -0.25) is 4.79 Å². The van der Waals surface area contributed by atoms with Crippen molar-refractivity contribution < 1.29 is 0 Å². The SMILES string of the molecule is CCCCCCCn1c(C)ccc(CN)c1=O. The van der Waals surface area contributed by atoms with Crippen molar-refractivity contribution in [1.29, 1.82) is 0 Å². The Kier molecular flexibility index (Phi) is 5.98. The van der Waals surface area contributed by atoms with E-state index in [0.29, 0.717) is 12.1 Å². The van der Waals surface area contributed by atoms with Crippen LogP contribution in [0.5, 0.6) is 0 Å². The molecule has 0 unspecified atom stereocenters. The molecule has 0 radical (unpaired) electrons. The molecule has 2 N–H and O–H groups in total. The number of aryl methyl sites for hydroxylation is 1. The van der Waals surface area contributed by atoms with Gasteiger partial charge in [0.15, 0.2) is 0 Å². The van der Waals surface area contributed by atoms with E-state index in [9.17, 15) is 4.79 Å². The molecule has 1 aromatic heterocycles. The Balaban J connectivity index is 2.61. The van der Waals surface area contributed by atoms with Gasteiger partial charge >= 0.3 is 0 Å². The molecule has 0 spiro atoms. The van der Waals surface area contributed by atoms with E-state index < -0.39 is 0 Å². The molecule has 1 heterocycles. The van der Waals surface area contributed by atoms with Crippen LogP contribution in [0.25, 0.3) is 0 Å². The molecule has 96 valence electrons. The second kappa shape index (κ2) is 7.28. The average Bonchev–Trinajstić information content (AvgIpc) is 2.33. The molecule has 0 saturated carbocycles. The largest absolute Gasteiger partial charge is 0.326 e. The number of unbranched alkanes of at least 4 members (excludes halogenated alkanes) is 4. The van der Waals surface area contributed by atoms with E-state index >= 15 is 0 Å². The lowest BCUT2D eigenvalue weighted by Crippen LogP contribution is -2.26. The molecule has 0 fully saturated rings. The molecule has 0 aliphatic carbocycles. The number of aromatic nitrogens is 1. The summed E-state index contributed by atoms with van der Waals surface area (Å²) in [5.41, 5.74) is 7.38. The fraction of sp³-hybridized carbons (Fsp3) is 0.643. The van der Waals surface area contributed by atoms with Crippen molar-refractivity contribution in [2.45, 2.75) is 59.0 Å². The van der Waals surface area contributed by atoms with Crippen LogP contribution in [0.2, 0.25) is 0 Å². The molecule has 0 amide bonds. The second-order valence-electron chi connectivity index (χ2n) is 4.58. The summed E-state index contributed by atoms with van der Waals surface area (Å²) >= 11 is 0. The highest BCUT2D eigenvalue weighted by Gasteiger charge is 2.04. The summed E-state index contributed by atoms with van der Waals surface area (Å²) in [5.74, 6) is 0. The van der Waals surface area contributed by atoms with E-state index in [4.69, 9.17) is 5.73 Å². The molecular weight excluding hydrogens is 212 g/mol. The molecule has 3 nitrogen and oxygen atoms in total. The number of rotatable bonds is 7. The lowest BCUT2D eigenvalue weighted by molar-refractivity contribution is 0.548. The van der Waals surface area contributed by atoms with Crippen molar-refractivity contribution >= 4 is 0 Å². The van der Waals surface area contributed by atoms with Crippen LogP contribution >= 0.6 is 0 Å². The number of hydrogen-bond acceptors (Lipinski definition) is 2. The standard InChI is InChI=1S/C14H24N2O/c1-3-4-5-6-7-10-16-12(2)8-9-13(11-15)14(16)17/h8-9H,3-7,10-11,15H2,1-2H3. The van der Waals surface area contributed by atoms with Gasteiger partial charge in [-0.15, -0.1) is 0 Å². The Morgan fingerprint density at radius 3 is 2.53 bits per heavy atom. The predicted octanol–water partition coefficient (Wildman–Crippen LogP) is 2.59. The quantitative estimate of drug-likeness (QED) is 0.740. The molecule has 0 bridgehead atoms. The van der Waals surface area contributed by atoms with Crippen LogP contribution in [0.1, 0.15) is 50.3 Å². The van der Waals surface area contributed by atoms with Gasteiger partial charge in [-0.1, -0.05) is 38.7 Å². The van der Waals surface area contributed by atoms with Gasteiger partial charge in [0.1, 0.15) is 0 Å². The number of hydrogen-bond donors (Lipinski definition) is 1. The van der Waals surface area contributed by atoms with E-state index in [1.165, 1.54) is 25.7 Å². The van der Waals surface area contributed by atoms with Crippen LogP contribution in [0.15, 0.2) is 16.9 Å². The minimum atomic E-state index is 0.0861. The van der Waals surface area contributed by atoms with E-state index in [1.54, 1.807) is 0 Å². The molecule has 3 heteroatoms. The van der Waals surface area contributed by atoms with E-state index in [1.807, 2.05) is 23.6 Å². The zero-order valence-corrected chi connectivity index (χ0v) is 11.0. The first kappa shape index (κ1) is 14.0. The fourth-order valence-corrected chi connectivity index (χ4v) is 2.02. The summed E-state index contributed by atoms with van der Waals surface area (Å²) in [5, 5.41) is 0. The van der Waals surface area contributed by atoms with Gasteiger partial charge in [0.2, 0.25) is 0 Å². The van der Waals surface area contributed by atoms with Gasteiger partial charge in [-0.2, -0.15) is 0 Å². The molecule has 0 aromatic carbocycles. The third-order valence-corrected chi connectivity index (χ3v) is 3.18. The van der Waals surface area contributed by atoms with Crippen molar-refractivity contribution in [2.75, 3.05) is 0 Å². The number of pyridine rings is 1. The van der Waals surface area contributed by atoms with Crippen molar-refractivity contribution in [3.8, 4) is 0 Å². The molecule has 0 aliphatic heterocycles. The van der Waals surface area contributed by atoms with Gasteiger partial charge in [0, 0.05) is 24.3 Å². The van der Waals surface area contributed by atoms with E-state index in [2.05, 4.69) is 6.92 Å². The van der Waals surface area contributed by atoms with E-state index in [0.717, 1.165) is 18.7 Å². The Morgan fingerprint density at radius 1 is 1.18 bits per heavy atom. The van der Waals surface area contributed by atoms with Crippen molar-refractivity contribution in [2.24, 2.45) is 5.73 Å². The summed E-state index contributed by atoms with van der Waals surface area (Å²) in [6, 6.07) is 3.82. The molecule has 0 aliphatic rings. The fourth-order valence-electron chi connectivity index (χ4n) is 2.02. The zero-order valence-electron chi connectivity index (χ0n) is 11.0. The summed E-state index contributed by atoms with van der Waals surface area (Å²) < 4.78 is 1.86. The van der Waals surface area contributed by atoms with Gasteiger partial charge in [0.05, 0.1) is 0 Å². The highest BCUT2D eigenvalue weighted by molar-refractivity contribution is 5.15. The predicted molar refractivity (Wildman–Crippen MR) is 72.1 cm³/mol. The molecule has 0 atom stereocenters.